The van der Waals surface area contributed by atoms with E-state index in [-0.39, 0.29) is 17.7 Å². The Morgan fingerprint density at radius 3 is 0.796 bits per heavy atom. The van der Waals surface area contributed by atoms with E-state index in [1.54, 1.807) is 0 Å². The lowest BCUT2D eigenvalue weighted by atomic mass is 10.0. The highest BCUT2D eigenvalue weighted by atomic mass is 16.2. The average Bonchev–Trinajstić information content (AvgIpc) is 3.13. The van der Waals surface area contributed by atoms with Gasteiger partial charge in [0, 0.05) is 96.7 Å². The molecule has 6 bridgehead atoms. The molecule has 0 saturated heterocycles. The summed E-state index contributed by atoms with van der Waals surface area (Å²) in [5.74, 6) is 1.57. The van der Waals surface area contributed by atoms with Gasteiger partial charge in [-0.3, -0.25) is 14.4 Å². The number of fused-ring (bicyclic) bond motifs is 6. The van der Waals surface area contributed by atoms with Crippen molar-refractivity contribution >= 4 is 34.8 Å². The highest BCUT2D eigenvalue weighted by Crippen LogP contribution is 2.26. The van der Waals surface area contributed by atoms with Gasteiger partial charge >= 0.3 is 0 Å². The number of rotatable bonds is 12. The van der Waals surface area contributed by atoms with Crippen LogP contribution in [0, 0.1) is 17.8 Å². The SMILES string of the molecule is CNc1cc2cc(c1)CN(C(=O)CCC(C)C)Cc1cc(cc(NC)c1)CN(C(=O)CCC(C)C)Cc1cc(cc(NC)c1)CN(C(=O)CCC(C)C)C2. The van der Waals surface area contributed by atoms with Crippen LogP contribution in [-0.2, 0) is 53.7 Å². The second-order valence-electron chi connectivity index (χ2n) is 16.4. The van der Waals surface area contributed by atoms with Gasteiger partial charge in [-0.15, -0.1) is 0 Å². The third-order valence-corrected chi connectivity index (χ3v) is 10.1. The van der Waals surface area contributed by atoms with E-state index in [1.807, 2.05) is 35.8 Å². The number of carbonyl (C=O) groups excluding carboxylic acids is 3. The molecule has 0 aromatic heterocycles. The summed E-state index contributed by atoms with van der Waals surface area (Å²) in [6.07, 6.45) is 3.85. The van der Waals surface area contributed by atoms with E-state index in [2.05, 4.69) is 112 Å². The second kappa shape index (κ2) is 20.2. The molecule has 1 aliphatic rings. The maximum absolute atomic E-state index is 14.0. The lowest BCUT2D eigenvalue weighted by molar-refractivity contribution is -0.133. The van der Waals surface area contributed by atoms with Crippen molar-refractivity contribution in [2.75, 3.05) is 37.1 Å². The van der Waals surface area contributed by atoms with E-state index in [1.165, 1.54) is 0 Å². The van der Waals surface area contributed by atoms with Crippen molar-refractivity contribution < 1.29 is 14.4 Å². The predicted octanol–water partition coefficient (Wildman–Crippen LogP) is 9.02. The standard InChI is InChI=1S/C45H66N6O3/c1-31(2)10-13-43(52)49-25-34-16-36(21-40(19-34)46-7)27-50(44(53)14-11-32(3)4)29-38-18-39(24-42(23-38)48-9)30-51(45(54)15-12-33(5)6)28-37-17-35(26-49)20-41(22-37)47-8/h16-24,31-33,46-48H,10-15,25-30H2,1-9H3. The van der Waals surface area contributed by atoms with Gasteiger partial charge < -0.3 is 30.7 Å². The number of nitrogens with one attached hydrogen (secondary N) is 3. The number of amides is 3. The van der Waals surface area contributed by atoms with Crippen LogP contribution in [0.3, 0.4) is 0 Å². The molecule has 3 N–H and O–H groups in total. The summed E-state index contributed by atoms with van der Waals surface area (Å²) in [5, 5.41) is 9.98. The Kier molecular flexibility index (Phi) is 15.8. The molecule has 0 saturated carbocycles. The van der Waals surface area contributed by atoms with Crippen LogP contribution in [0.5, 0.6) is 0 Å². The molecular formula is C45H66N6O3. The molecule has 294 valence electrons. The summed E-state index contributed by atoms with van der Waals surface area (Å²) in [4.78, 5) is 47.9. The first-order valence-corrected chi connectivity index (χ1v) is 20.0. The van der Waals surface area contributed by atoms with Crippen molar-refractivity contribution in [1.29, 1.82) is 0 Å². The molecule has 0 radical (unpaired) electrons. The first kappa shape index (κ1) is 42.2. The zero-order valence-corrected chi connectivity index (χ0v) is 34.5. The molecule has 3 aromatic carbocycles. The molecule has 1 heterocycles. The number of anilines is 3. The second-order valence-corrected chi connectivity index (χ2v) is 16.4. The third kappa shape index (κ3) is 13.1. The first-order chi connectivity index (χ1) is 25.7. The van der Waals surface area contributed by atoms with Crippen LogP contribution in [0.4, 0.5) is 17.1 Å². The van der Waals surface area contributed by atoms with Gasteiger partial charge in [0.05, 0.1) is 0 Å². The van der Waals surface area contributed by atoms with Gasteiger partial charge in [0.2, 0.25) is 17.7 Å². The zero-order valence-electron chi connectivity index (χ0n) is 34.5. The van der Waals surface area contributed by atoms with E-state index in [4.69, 9.17) is 0 Å². The third-order valence-electron chi connectivity index (χ3n) is 10.1. The number of hydrogen-bond acceptors (Lipinski definition) is 6. The minimum atomic E-state index is 0.112. The fourth-order valence-corrected chi connectivity index (χ4v) is 7.00. The van der Waals surface area contributed by atoms with E-state index in [9.17, 15) is 14.4 Å². The van der Waals surface area contributed by atoms with Gasteiger partial charge in [-0.2, -0.15) is 0 Å². The van der Waals surface area contributed by atoms with Crippen LogP contribution in [0.1, 0.15) is 113 Å². The van der Waals surface area contributed by atoms with Gasteiger partial charge in [0.15, 0.2) is 0 Å². The normalized spacial score (nSPS) is 13.9. The molecule has 3 aromatic rings. The van der Waals surface area contributed by atoms with Crippen LogP contribution < -0.4 is 16.0 Å². The van der Waals surface area contributed by atoms with E-state index in [0.717, 1.165) is 69.7 Å². The first-order valence-electron chi connectivity index (χ1n) is 20.0. The summed E-state index contributed by atoms with van der Waals surface area (Å²) in [7, 11) is 5.72. The maximum atomic E-state index is 14.0. The topological polar surface area (TPSA) is 97.0 Å². The molecule has 54 heavy (non-hydrogen) atoms. The van der Waals surface area contributed by atoms with Crippen LogP contribution >= 0.6 is 0 Å². The quantitative estimate of drug-likeness (QED) is 0.172. The monoisotopic (exact) mass is 739 g/mol. The highest BCUT2D eigenvalue weighted by molar-refractivity contribution is 5.78. The summed E-state index contributed by atoms with van der Waals surface area (Å²) < 4.78 is 0. The fraction of sp³-hybridized carbons (Fsp3) is 0.533. The van der Waals surface area contributed by atoms with Crippen LogP contribution in [0.2, 0.25) is 0 Å². The Labute approximate surface area is 325 Å². The van der Waals surface area contributed by atoms with Gasteiger partial charge in [0.25, 0.3) is 0 Å². The smallest absolute Gasteiger partial charge is 0.223 e. The summed E-state index contributed by atoms with van der Waals surface area (Å²) in [5.41, 5.74) is 8.91. The molecule has 0 aliphatic carbocycles. The largest absolute Gasteiger partial charge is 0.388 e. The molecule has 0 fully saturated rings. The summed E-state index contributed by atoms with van der Waals surface area (Å²) >= 11 is 0. The summed E-state index contributed by atoms with van der Waals surface area (Å²) in [6, 6.07) is 19.1. The maximum Gasteiger partial charge on any atom is 0.223 e. The molecule has 1 aliphatic heterocycles. The van der Waals surface area contributed by atoms with Crippen LogP contribution in [-0.4, -0.2) is 53.6 Å². The lowest BCUT2D eigenvalue weighted by Gasteiger charge is -2.28. The Morgan fingerprint density at radius 2 is 0.630 bits per heavy atom. The zero-order chi connectivity index (χ0) is 39.4. The van der Waals surface area contributed by atoms with E-state index < -0.39 is 0 Å². The van der Waals surface area contributed by atoms with Gasteiger partial charge in [-0.1, -0.05) is 59.7 Å². The van der Waals surface area contributed by atoms with Crippen molar-refractivity contribution in [2.45, 2.75) is 119 Å². The minimum Gasteiger partial charge on any atom is -0.388 e. The van der Waals surface area contributed by atoms with E-state index in [0.29, 0.717) is 76.3 Å². The Hall–Kier alpha value is -4.53. The van der Waals surface area contributed by atoms with Gasteiger partial charge in [-0.05, 0) is 107 Å². The predicted molar refractivity (Wildman–Crippen MR) is 223 cm³/mol. The van der Waals surface area contributed by atoms with Crippen molar-refractivity contribution in [3.05, 3.63) is 88.0 Å². The molecule has 9 nitrogen and oxygen atoms in total. The molecular weight excluding hydrogens is 673 g/mol. The van der Waals surface area contributed by atoms with Crippen molar-refractivity contribution in [1.82, 2.24) is 14.7 Å². The van der Waals surface area contributed by atoms with E-state index >= 15 is 0 Å². The average molecular weight is 739 g/mol. The number of hydrogen-bond donors (Lipinski definition) is 3. The van der Waals surface area contributed by atoms with Crippen LogP contribution in [0.15, 0.2) is 54.6 Å². The number of benzene rings is 3. The molecule has 4 rings (SSSR count). The summed E-state index contributed by atoms with van der Waals surface area (Å²) in [6.45, 7) is 15.5. The molecule has 0 unspecified atom stereocenters. The minimum absolute atomic E-state index is 0.112. The van der Waals surface area contributed by atoms with Crippen molar-refractivity contribution in [3.8, 4) is 0 Å². The number of carbonyl (C=O) groups is 3. The van der Waals surface area contributed by atoms with Crippen LogP contribution in [0.25, 0.3) is 0 Å². The van der Waals surface area contributed by atoms with Gasteiger partial charge in [-0.25, -0.2) is 0 Å². The van der Waals surface area contributed by atoms with Gasteiger partial charge in [0.1, 0.15) is 0 Å². The molecule has 0 atom stereocenters. The van der Waals surface area contributed by atoms with Crippen molar-refractivity contribution in [3.63, 3.8) is 0 Å². The molecule has 3 amide bonds. The number of nitrogens with zero attached hydrogens (tertiary/aromatic N) is 3. The Bertz CT molecular complexity index is 1450. The highest BCUT2D eigenvalue weighted by Gasteiger charge is 2.22. The van der Waals surface area contributed by atoms with Crippen molar-refractivity contribution in [2.24, 2.45) is 17.8 Å². The lowest BCUT2D eigenvalue weighted by Crippen LogP contribution is -2.32. The Balaban J connectivity index is 1.89. The Morgan fingerprint density at radius 1 is 0.426 bits per heavy atom. The molecule has 0 spiro atoms. The fourth-order valence-electron chi connectivity index (χ4n) is 7.00. The molecule has 9 heteroatoms.